The summed E-state index contributed by atoms with van der Waals surface area (Å²) < 4.78 is 0. The second kappa shape index (κ2) is 7.04. The highest BCUT2D eigenvalue weighted by Gasteiger charge is 2.21. The van der Waals surface area contributed by atoms with Crippen LogP contribution in [0, 0.1) is 0 Å². The zero-order valence-corrected chi connectivity index (χ0v) is 12.3. The van der Waals surface area contributed by atoms with Crippen LogP contribution >= 0.6 is 0 Å². The molecule has 0 fully saturated rings. The summed E-state index contributed by atoms with van der Waals surface area (Å²) in [6, 6.07) is 3.59. The molecule has 6 heteroatoms. The van der Waals surface area contributed by atoms with E-state index < -0.39 is 0 Å². The van der Waals surface area contributed by atoms with E-state index in [2.05, 4.69) is 20.4 Å². The van der Waals surface area contributed by atoms with Gasteiger partial charge in [0.15, 0.2) is 5.69 Å². The molecule has 1 aromatic heterocycles. The number of aromatic nitrogens is 2. The molecule has 1 heterocycles. The van der Waals surface area contributed by atoms with Gasteiger partial charge in [-0.2, -0.15) is 0 Å². The molecule has 0 spiro atoms. The molecule has 0 aromatic carbocycles. The maximum atomic E-state index is 12.4. The zero-order chi connectivity index (χ0) is 14.4. The van der Waals surface area contributed by atoms with Gasteiger partial charge in [-0.05, 0) is 40.1 Å². The van der Waals surface area contributed by atoms with E-state index in [0.29, 0.717) is 18.1 Å². The smallest absolute Gasteiger partial charge is 0.274 e. The molecule has 106 valence electrons. The lowest BCUT2D eigenvalue weighted by molar-refractivity contribution is 0.0672. The Labute approximate surface area is 114 Å². The average Bonchev–Trinajstić information content (AvgIpc) is 2.38. The van der Waals surface area contributed by atoms with E-state index in [9.17, 15) is 4.79 Å². The quantitative estimate of drug-likeness (QED) is 0.829. The number of likely N-dealkylation sites (N-methyl/N-ethyl adjacent to an activating group) is 2. The first-order chi connectivity index (χ1) is 8.99. The second-order valence-corrected chi connectivity index (χ2v) is 4.76. The number of rotatable bonds is 6. The summed E-state index contributed by atoms with van der Waals surface area (Å²) in [7, 11) is 5.76. The van der Waals surface area contributed by atoms with Gasteiger partial charge in [-0.3, -0.25) is 4.79 Å². The molecule has 0 radical (unpaired) electrons. The van der Waals surface area contributed by atoms with Crippen molar-refractivity contribution < 1.29 is 4.79 Å². The van der Waals surface area contributed by atoms with E-state index in [4.69, 9.17) is 0 Å². The Morgan fingerprint density at radius 2 is 2.05 bits per heavy atom. The molecule has 0 saturated carbocycles. The van der Waals surface area contributed by atoms with Crippen LogP contribution in [-0.4, -0.2) is 66.2 Å². The zero-order valence-electron chi connectivity index (χ0n) is 12.3. The van der Waals surface area contributed by atoms with Crippen molar-refractivity contribution in [2.45, 2.75) is 19.9 Å². The number of nitrogens with one attached hydrogen (secondary N) is 1. The van der Waals surface area contributed by atoms with E-state index >= 15 is 0 Å². The molecular formula is C13H23N5O. The molecular weight excluding hydrogens is 242 g/mol. The summed E-state index contributed by atoms with van der Waals surface area (Å²) in [6.07, 6.45) is 0. The van der Waals surface area contributed by atoms with Gasteiger partial charge >= 0.3 is 0 Å². The van der Waals surface area contributed by atoms with Gasteiger partial charge < -0.3 is 15.1 Å². The van der Waals surface area contributed by atoms with E-state index in [-0.39, 0.29) is 11.9 Å². The van der Waals surface area contributed by atoms with Gasteiger partial charge in [0.05, 0.1) is 0 Å². The molecule has 1 unspecified atom stereocenters. The molecule has 1 N–H and O–H groups in total. The number of amides is 1. The van der Waals surface area contributed by atoms with Crippen LogP contribution in [0.25, 0.3) is 0 Å². The van der Waals surface area contributed by atoms with Crippen LogP contribution in [0.3, 0.4) is 0 Å². The third kappa shape index (κ3) is 4.17. The minimum atomic E-state index is -0.0768. The Morgan fingerprint density at radius 1 is 1.37 bits per heavy atom. The fourth-order valence-corrected chi connectivity index (χ4v) is 2.01. The van der Waals surface area contributed by atoms with Crippen LogP contribution in [-0.2, 0) is 0 Å². The van der Waals surface area contributed by atoms with Crippen LogP contribution in [0.2, 0.25) is 0 Å². The predicted octanol–water partition coefficient (Wildman–Crippen LogP) is 0.930. The standard InChI is InChI=1S/C13H23N5O/c1-6-18(10(2)9-17(4)5)13(19)11-7-8-12(14-3)16-15-11/h7-8,10H,6,9H2,1-5H3,(H,14,16). The van der Waals surface area contributed by atoms with Gasteiger partial charge in [0, 0.05) is 26.2 Å². The molecule has 0 saturated heterocycles. The lowest BCUT2D eigenvalue weighted by Gasteiger charge is -2.29. The minimum Gasteiger partial charge on any atom is -0.372 e. The molecule has 0 aliphatic rings. The highest BCUT2D eigenvalue weighted by molar-refractivity contribution is 5.92. The second-order valence-electron chi connectivity index (χ2n) is 4.76. The summed E-state index contributed by atoms with van der Waals surface area (Å²) in [5.74, 6) is 0.577. The monoisotopic (exact) mass is 265 g/mol. The molecule has 19 heavy (non-hydrogen) atoms. The third-order valence-corrected chi connectivity index (χ3v) is 2.90. The number of hydrogen-bond donors (Lipinski definition) is 1. The maximum absolute atomic E-state index is 12.4. The Bertz CT molecular complexity index is 404. The maximum Gasteiger partial charge on any atom is 0.274 e. The van der Waals surface area contributed by atoms with Gasteiger partial charge in [0.1, 0.15) is 5.82 Å². The summed E-state index contributed by atoms with van der Waals surface area (Å²) in [5, 5.41) is 10.8. The van der Waals surface area contributed by atoms with Gasteiger partial charge in [0.25, 0.3) is 5.91 Å². The molecule has 0 aliphatic carbocycles. The predicted molar refractivity (Wildman–Crippen MR) is 76.3 cm³/mol. The van der Waals surface area contributed by atoms with Crippen molar-refractivity contribution in [3.63, 3.8) is 0 Å². The number of carbonyl (C=O) groups excluding carboxylic acids is 1. The molecule has 0 bridgehead atoms. The van der Waals surface area contributed by atoms with Crippen molar-refractivity contribution in [3.8, 4) is 0 Å². The Hall–Kier alpha value is -1.69. The number of anilines is 1. The van der Waals surface area contributed by atoms with E-state index in [1.165, 1.54) is 0 Å². The van der Waals surface area contributed by atoms with E-state index in [1.807, 2.05) is 32.8 Å². The van der Waals surface area contributed by atoms with Crippen molar-refractivity contribution in [3.05, 3.63) is 17.8 Å². The average molecular weight is 265 g/mol. The SMILES string of the molecule is CCN(C(=O)c1ccc(NC)nn1)C(C)CN(C)C. The van der Waals surface area contributed by atoms with Gasteiger partial charge in [-0.1, -0.05) is 0 Å². The van der Waals surface area contributed by atoms with Crippen LogP contribution < -0.4 is 5.32 Å². The molecule has 1 amide bonds. The van der Waals surface area contributed by atoms with Gasteiger partial charge in [-0.25, -0.2) is 0 Å². The van der Waals surface area contributed by atoms with Crippen molar-refractivity contribution in [1.29, 1.82) is 0 Å². The molecule has 1 aromatic rings. The van der Waals surface area contributed by atoms with Crippen molar-refractivity contribution in [2.75, 3.05) is 39.5 Å². The summed E-state index contributed by atoms with van der Waals surface area (Å²) in [4.78, 5) is 16.3. The van der Waals surface area contributed by atoms with Crippen LogP contribution in [0.1, 0.15) is 24.3 Å². The normalized spacial score (nSPS) is 12.3. The van der Waals surface area contributed by atoms with Crippen molar-refractivity contribution in [2.24, 2.45) is 0 Å². The number of carbonyl (C=O) groups is 1. The first-order valence-corrected chi connectivity index (χ1v) is 6.46. The first-order valence-electron chi connectivity index (χ1n) is 6.46. The highest BCUT2D eigenvalue weighted by Crippen LogP contribution is 2.08. The van der Waals surface area contributed by atoms with Gasteiger partial charge in [-0.15, -0.1) is 10.2 Å². The van der Waals surface area contributed by atoms with Crippen LogP contribution in [0.5, 0.6) is 0 Å². The summed E-state index contributed by atoms with van der Waals surface area (Å²) >= 11 is 0. The van der Waals surface area contributed by atoms with E-state index in [1.54, 1.807) is 19.2 Å². The minimum absolute atomic E-state index is 0.0768. The largest absolute Gasteiger partial charge is 0.372 e. The Balaban J connectivity index is 2.82. The number of hydrogen-bond acceptors (Lipinski definition) is 5. The molecule has 0 aliphatic heterocycles. The topological polar surface area (TPSA) is 61.4 Å². The van der Waals surface area contributed by atoms with Crippen LogP contribution in [0.15, 0.2) is 12.1 Å². The lowest BCUT2D eigenvalue weighted by Crippen LogP contribution is -2.44. The lowest BCUT2D eigenvalue weighted by atomic mass is 10.2. The Kier molecular flexibility index (Phi) is 5.69. The number of nitrogens with zero attached hydrogens (tertiary/aromatic N) is 4. The summed E-state index contributed by atoms with van der Waals surface area (Å²) in [5.41, 5.74) is 0.381. The first kappa shape index (κ1) is 15.4. The third-order valence-electron chi connectivity index (χ3n) is 2.90. The van der Waals surface area contributed by atoms with Gasteiger partial charge in [0.2, 0.25) is 0 Å². The molecule has 1 rings (SSSR count). The van der Waals surface area contributed by atoms with Crippen molar-refractivity contribution >= 4 is 11.7 Å². The van der Waals surface area contributed by atoms with E-state index in [0.717, 1.165) is 6.54 Å². The Morgan fingerprint density at radius 3 is 2.47 bits per heavy atom. The summed E-state index contributed by atoms with van der Waals surface area (Å²) in [6.45, 7) is 5.49. The fraction of sp³-hybridized carbons (Fsp3) is 0.615. The fourth-order valence-electron chi connectivity index (χ4n) is 2.01. The van der Waals surface area contributed by atoms with Crippen molar-refractivity contribution in [1.82, 2.24) is 20.0 Å². The van der Waals surface area contributed by atoms with Crippen LogP contribution in [0.4, 0.5) is 5.82 Å². The molecule has 6 nitrogen and oxygen atoms in total. The molecule has 1 atom stereocenters. The highest BCUT2D eigenvalue weighted by atomic mass is 16.2.